The lowest BCUT2D eigenvalue weighted by Gasteiger charge is -2.17. The van der Waals surface area contributed by atoms with Crippen LogP contribution >= 0.6 is 0 Å². The monoisotopic (exact) mass is 378 g/mol. The van der Waals surface area contributed by atoms with E-state index in [1.54, 1.807) is 7.11 Å². The largest absolute Gasteiger partial charge is 0.492 e. The van der Waals surface area contributed by atoms with Crippen LogP contribution in [0.1, 0.15) is 32.3 Å². The molecule has 0 fully saturated rings. The molecule has 27 heavy (non-hydrogen) atoms. The van der Waals surface area contributed by atoms with Gasteiger partial charge in [0.2, 0.25) is 0 Å². The summed E-state index contributed by atoms with van der Waals surface area (Å²) < 4.78 is 11.0. The van der Waals surface area contributed by atoms with Gasteiger partial charge in [-0.25, -0.2) is 0 Å². The van der Waals surface area contributed by atoms with Crippen molar-refractivity contribution >= 4 is 5.96 Å². The van der Waals surface area contributed by atoms with Gasteiger partial charge in [0.25, 0.3) is 0 Å². The fourth-order valence-electron chi connectivity index (χ4n) is 2.65. The first-order valence-corrected chi connectivity index (χ1v) is 9.96. The van der Waals surface area contributed by atoms with E-state index in [0.717, 1.165) is 38.0 Å². The number of methoxy groups -OCH3 is 1. The van der Waals surface area contributed by atoms with Gasteiger partial charge in [-0.05, 0) is 30.7 Å². The highest BCUT2D eigenvalue weighted by Crippen LogP contribution is 2.13. The number of guanidine groups is 1. The molecule has 1 aromatic carbocycles. The van der Waals surface area contributed by atoms with Crippen molar-refractivity contribution in [3.05, 3.63) is 29.8 Å². The Morgan fingerprint density at radius 1 is 1.15 bits per heavy atom. The molecule has 0 aromatic heterocycles. The van der Waals surface area contributed by atoms with Gasteiger partial charge >= 0.3 is 0 Å². The van der Waals surface area contributed by atoms with Gasteiger partial charge in [0.15, 0.2) is 5.96 Å². The number of likely N-dealkylation sites (N-methyl/N-ethyl adjacent to an activating group) is 1. The van der Waals surface area contributed by atoms with Crippen LogP contribution in [0.5, 0.6) is 5.75 Å². The van der Waals surface area contributed by atoms with E-state index >= 15 is 0 Å². The Morgan fingerprint density at radius 3 is 2.56 bits per heavy atom. The average Bonchev–Trinajstić information content (AvgIpc) is 2.69. The summed E-state index contributed by atoms with van der Waals surface area (Å²) in [7, 11) is 5.60. The van der Waals surface area contributed by atoms with Crippen LogP contribution in [0, 0.1) is 5.92 Å². The maximum absolute atomic E-state index is 5.88. The first-order chi connectivity index (χ1) is 13.1. The zero-order valence-corrected chi connectivity index (χ0v) is 17.8. The molecule has 6 heteroatoms. The molecule has 0 heterocycles. The van der Waals surface area contributed by atoms with E-state index in [-0.39, 0.29) is 0 Å². The second kappa shape index (κ2) is 14.3. The molecule has 0 aliphatic heterocycles. The molecule has 1 rings (SSSR count). The molecule has 0 atom stereocenters. The highest BCUT2D eigenvalue weighted by molar-refractivity contribution is 5.79. The third-order valence-electron chi connectivity index (χ3n) is 4.71. The molecule has 2 N–H and O–H groups in total. The summed E-state index contributed by atoms with van der Waals surface area (Å²) >= 11 is 0. The topological polar surface area (TPSA) is 58.1 Å². The van der Waals surface area contributed by atoms with Crippen LogP contribution in [0.15, 0.2) is 29.3 Å². The van der Waals surface area contributed by atoms with E-state index in [1.807, 2.05) is 19.2 Å². The molecule has 0 aliphatic rings. The molecule has 154 valence electrons. The van der Waals surface area contributed by atoms with Gasteiger partial charge in [-0.15, -0.1) is 0 Å². The highest BCUT2D eigenvalue weighted by Gasteiger charge is 2.05. The smallest absolute Gasteiger partial charge is 0.191 e. The predicted molar refractivity (Wildman–Crippen MR) is 114 cm³/mol. The predicted octanol–water partition coefficient (Wildman–Crippen LogP) is 2.74. The van der Waals surface area contributed by atoms with Gasteiger partial charge in [-0.3, -0.25) is 4.99 Å². The minimum Gasteiger partial charge on any atom is -0.492 e. The van der Waals surface area contributed by atoms with Crippen LogP contribution in [-0.4, -0.2) is 64.9 Å². The molecule has 1 aromatic rings. The normalized spacial score (nSPS) is 11.9. The van der Waals surface area contributed by atoms with Crippen LogP contribution in [0.3, 0.4) is 0 Å². The minimum absolute atomic E-state index is 0.662. The Morgan fingerprint density at radius 2 is 1.89 bits per heavy atom. The van der Waals surface area contributed by atoms with Crippen molar-refractivity contribution in [1.29, 1.82) is 0 Å². The van der Waals surface area contributed by atoms with E-state index < -0.39 is 0 Å². The molecule has 0 spiro atoms. The molecule has 0 saturated heterocycles. The number of hydrogen-bond acceptors (Lipinski definition) is 4. The fraction of sp³-hybridized carbons (Fsp3) is 0.667. The van der Waals surface area contributed by atoms with Crippen molar-refractivity contribution in [2.24, 2.45) is 10.9 Å². The number of nitrogens with zero attached hydrogens (tertiary/aromatic N) is 2. The van der Waals surface area contributed by atoms with Crippen LogP contribution < -0.4 is 15.4 Å². The number of rotatable bonds is 13. The van der Waals surface area contributed by atoms with Gasteiger partial charge in [-0.2, -0.15) is 0 Å². The van der Waals surface area contributed by atoms with E-state index in [0.29, 0.717) is 19.1 Å². The zero-order valence-electron chi connectivity index (χ0n) is 17.8. The number of benzene rings is 1. The minimum atomic E-state index is 0.662. The van der Waals surface area contributed by atoms with Gasteiger partial charge in [0.05, 0.1) is 6.61 Å². The fourth-order valence-corrected chi connectivity index (χ4v) is 2.65. The maximum atomic E-state index is 5.88. The summed E-state index contributed by atoms with van der Waals surface area (Å²) in [5, 5.41) is 6.79. The standard InChI is InChI=1S/C21H38N4O2/c1-6-18(7-2)16-23-21(22-3)24-17-19-9-8-10-20(15-19)27-14-12-25(4)11-13-26-5/h8-10,15,18H,6-7,11-14,16-17H2,1-5H3,(H2,22,23,24). The summed E-state index contributed by atoms with van der Waals surface area (Å²) in [6, 6.07) is 8.20. The van der Waals surface area contributed by atoms with Crippen molar-refractivity contribution < 1.29 is 9.47 Å². The third kappa shape index (κ3) is 10.2. The zero-order chi connectivity index (χ0) is 19.9. The Kier molecular flexibility index (Phi) is 12.3. The maximum Gasteiger partial charge on any atom is 0.191 e. The van der Waals surface area contributed by atoms with Gasteiger partial charge < -0.3 is 25.0 Å². The molecule has 0 amide bonds. The number of hydrogen-bond donors (Lipinski definition) is 2. The Labute approximate surface area is 165 Å². The van der Waals surface area contributed by atoms with E-state index in [9.17, 15) is 0 Å². The Hall–Kier alpha value is -1.79. The SMILES string of the molecule is CCC(CC)CNC(=NC)NCc1cccc(OCCN(C)CCOC)c1. The van der Waals surface area contributed by atoms with Crippen LogP contribution in [0.25, 0.3) is 0 Å². The summed E-state index contributed by atoms with van der Waals surface area (Å²) in [6.07, 6.45) is 2.36. The third-order valence-corrected chi connectivity index (χ3v) is 4.71. The van der Waals surface area contributed by atoms with Crippen LogP contribution in [0.4, 0.5) is 0 Å². The van der Waals surface area contributed by atoms with Crippen LogP contribution in [0.2, 0.25) is 0 Å². The van der Waals surface area contributed by atoms with E-state index in [4.69, 9.17) is 9.47 Å². The number of ether oxygens (including phenoxy) is 2. The van der Waals surface area contributed by atoms with E-state index in [1.165, 1.54) is 18.4 Å². The summed E-state index contributed by atoms with van der Waals surface area (Å²) in [4.78, 5) is 6.51. The first-order valence-electron chi connectivity index (χ1n) is 9.96. The summed E-state index contributed by atoms with van der Waals surface area (Å²) in [6.45, 7) is 9.31. The average molecular weight is 379 g/mol. The quantitative estimate of drug-likeness (QED) is 0.408. The molecular weight excluding hydrogens is 340 g/mol. The lowest BCUT2D eigenvalue weighted by atomic mass is 10.0. The number of nitrogens with one attached hydrogen (secondary N) is 2. The first kappa shape index (κ1) is 23.2. The Bertz CT molecular complexity index is 533. The Balaban J connectivity index is 2.40. The molecule has 0 bridgehead atoms. The lowest BCUT2D eigenvalue weighted by molar-refractivity contribution is 0.150. The van der Waals surface area contributed by atoms with Crippen molar-refractivity contribution in [1.82, 2.24) is 15.5 Å². The molecule has 6 nitrogen and oxygen atoms in total. The molecular formula is C21H38N4O2. The lowest BCUT2D eigenvalue weighted by Crippen LogP contribution is -2.39. The molecule has 0 unspecified atom stereocenters. The summed E-state index contributed by atoms with van der Waals surface area (Å²) in [5.41, 5.74) is 1.17. The van der Waals surface area contributed by atoms with Crippen molar-refractivity contribution in [2.75, 3.05) is 54.1 Å². The van der Waals surface area contributed by atoms with Gasteiger partial charge in [-0.1, -0.05) is 38.8 Å². The van der Waals surface area contributed by atoms with Gasteiger partial charge in [0.1, 0.15) is 12.4 Å². The molecule has 0 aliphatic carbocycles. The number of aliphatic imine (C=N–C) groups is 1. The second-order valence-electron chi connectivity index (χ2n) is 6.78. The van der Waals surface area contributed by atoms with Crippen molar-refractivity contribution in [3.8, 4) is 5.75 Å². The van der Waals surface area contributed by atoms with Crippen molar-refractivity contribution in [3.63, 3.8) is 0 Å². The van der Waals surface area contributed by atoms with Crippen LogP contribution in [-0.2, 0) is 11.3 Å². The van der Waals surface area contributed by atoms with E-state index in [2.05, 4.69) is 53.6 Å². The van der Waals surface area contributed by atoms with Gasteiger partial charge in [0, 0.05) is 40.3 Å². The highest BCUT2D eigenvalue weighted by atomic mass is 16.5. The molecule has 0 radical (unpaired) electrons. The van der Waals surface area contributed by atoms with Crippen molar-refractivity contribution in [2.45, 2.75) is 33.2 Å². The second-order valence-corrected chi connectivity index (χ2v) is 6.78. The summed E-state index contributed by atoms with van der Waals surface area (Å²) in [5.74, 6) is 2.42. The molecule has 0 saturated carbocycles.